The number of nitrogens with zero attached hydrogens (tertiary/aromatic N) is 1. The summed E-state index contributed by atoms with van der Waals surface area (Å²) < 4.78 is 5.84. The minimum absolute atomic E-state index is 0.278. The minimum atomic E-state index is 0.278. The molecule has 1 heterocycles. The van der Waals surface area contributed by atoms with E-state index in [9.17, 15) is 0 Å². The smallest absolute Gasteiger partial charge is 0.0703 e. The highest BCUT2D eigenvalue weighted by Gasteiger charge is 2.59. The van der Waals surface area contributed by atoms with Crippen molar-refractivity contribution < 1.29 is 4.74 Å². The van der Waals surface area contributed by atoms with Crippen LogP contribution in [0, 0.1) is 23.7 Å². The van der Waals surface area contributed by atoms with Gasteiger partial charge in [0, 0.05) is 24.7 Å². The zero-order chi connectivity index (χ0) is 13.9. The van der Waals surface area contributed by atoms with Crippen LogP contribution < -0.4 is 5.73 Å². The van der Waals surface area contributed by atoms with Gasteiger partial charge in [0.1, 0.15) is 0 Å². The van der Waals surface area contributed by atoms with Crippen LogP contribution >= 0.6 is 0 Å². The highest BCUT2D eigenvalue weighted by molar-refractivity contribution is 5.13. The predicted molar refractivity (Wildman–Crippen MR) is 80.4 cm³/mol. The Morgan fingerprint density at radius 2 is 1.70 bits per heavy atom. The minimum Gasteiger partial charge on any atom is -0.377 e. The number of hydrogen-bond acceptors (Lipinski definition) is 3. The topological polar surface area (TPSA) is 38.5 Å². The number of hydrogen-bond donors (Lipinski definition) is 1. The fraction of sp³-hybridized carbons (Fsp3) is 1.00. The molecule has 1 aliphatic heterocycles. The van der Waals surface area contributed by atoms with E-state index < -0.39 is 0 Å². The zero-order valence-corrected chi connectivity index (χ0v) is 13.1. The molecule has 4 aliphatic carbocycles. The third-order valence-corrected chi connectivity index (χ3v) is 7.37. The molecule has 3 heteroatoms. The quantitative estimate of drug-likeness (QED) is 0.860. The number of likely N-dealkylation sites (N-methyl/N-ethyl adjacent to an activating group) is 1. The van der Waals surface area contributed by atoms with E-state index >= 15 is 0 Å². The summed E-state index contributed by atoms with van der Waals surface area (Å²) in [5.41, 5.74) is 6.70. The van der Waals surface area contributed by atoms with Crippen LogP contribution in [0.5, 0.6) is 0 Å². The average molecular weight is 278 g/mol. The molecule has 4 saturated carbocycles. The van der Waals surface area contributed by atoms with Gasteiger partial charge in [-0.25, -0.2) is 0 Å². The molecule has 5 rings (SSSR count). The predicted octanol–water partition coefficient (Wildman–Crippen LogP) is 2.25. The third-order valence-electron chi connectivity index (χ3n) is 7.37. The van der Waals surface area contributed by atoms with Crippen LogP contribution in [0.4, 0.5) is 0 Å². The number of ether oxygens (including phenoxy) is 1. The summed E-state index contributed by atoms with van der Waals surface area (Å²) in [5.74, 6) is 3.73. The number of rotatable bonds is 3. The summed E-state index contributed by atoms with van der Waals surface area (Å²) in [4.78, 5) is 2.69. The Kier molecular flexibility index (Phi) is 3.17. The van der Waals surface area contributed by atoms with Crippen molar-refractivity contribution in [2.75, 3.05) is 20.2 Å². The normalized spacial score (nSPS) is 54.0. The largest absolute Gasteiger partial charge is 0.377 e. The lowest BCUT2D eigenvalue weighted by molar-refractivity contribution is -0.140. The maximum absolute atomic E-state index is 6.42. The average Bonchev–Trinajstić information content (AvgIpc) is 2.84. The molecule has 114 valence electrons. The van der Waals surface area contributed by atoms with Crippen LogP contribution in [-0.4, -0.2) is 42.8 Å². The van der Waals surface area contributed by atoms with Crippen LogP contribution in [-0.2, 0) is 4.74 Å². The van der Waals surface area contributed by atoms with Gasteiger partial charge in [-0.2, -0.15) is 0 Å². The summed E-state index contributed by atoms with van der Waals surface area (Å²) >= 11 is 0. The molecule has 5 aliphatic rings. The summed E-state index contributed by atoms with van der Waals surface area (Å²) in [6.45, 7) is 4.02. The van der Waals surface area contributed by atoms with E-state index in [1.54, 1.807) is 0 Å². The lowest BCUT2D eigenvalue weighted by Crippen LogP contribution is -2.70. The van der Waals surface area contributed by atoms with Gasteiger partial charge in [-0.05, 0) is 76.2 Å². The summed E-state index contributed by atoms with van der Waals surface area (Å²) in [7, 11) is 2.35. The summed E-state index contributed by atoms with van der Waals surface area (Å²) in [6, 6.07) is 0.580. The van der Waals surface area contributed by atoms with Crippen LogP contribution in [0.15, 0.2) is 0 Å². The second-order valence-corrected chi connectivity index (χ2v) is 8.04. The molecule has 3 nitrogen and oxygen atoms in total. The summed E-state index contributed by atoms with van der Waals surface area (Å²) in [5, 5.41) is 0. The Bertz CT molecular complexity index is 355. The van der Waals surface area contributed by atoms with Gasteiger partial charge in [-0.3, -0.25) is 4.90 Å². The first-order valence-corrected chi connectivity index (χ1v) is 8.69. The van der Waals surface area contributed by atoms with E-state index in [2.05, 4.69) is 18.9 Å². The second kappa shape index (κ2) is 4.69. The van der Waals surface area contributed by atoms with Crippen molar-refractivity contribution in [1.82, 2.24) is 4.90 Å². The number of nitrogens with two attached hydrogens (primary N) is 1. The molecule has 5 fully saturated rings. The Balaban J connectivity index is 1.65. The highest BCUT2D eigenvalue weighted by atomic mass is 16.5. The van der Waals surface area contributed by atoms with Crippen molar-refractivity contribution in [3.63, 3.8) is 0 Å². The van der Waals surface area contributed by atoms with E-state index in [4.69, 9.17) is 10.5 Å². The van der Waals surface area contributed by atoms with E-state index in [-0.39, 0.29) is 5.54 Å². The maximum Gasteiger partial charge on any atom is 0.0703 e. The van der Waals surface area contributed by atoms with Gasteiger partial charge in [0.25, 0.3) is 0 Å². The van der Waals surface area contributed by atoms with Crippen molar-refractivity contribution in [2.24, 2.45) is 29.4 Å². The molecule has 0 radical (unpaired) electrons. The lowest BCUT2D eigenvalue weighted by Gasteiger charge is -2.65. The van der Waals surface area contributed by atoms with Gasteiger partial charge >= 0.3 is 0 Å². The molecular formula is C17H30N2O. The molecule has 0 aromatic rings. The van der Waals surface area contributed by atoms with Crippen molar-refractivity contribution >= 4 is 0 Å². The fourth-order valence-corrected chi connectivity index (χ4v) is 6.59. The van der Waals surface area contributed by atoms with Crippen molar-refractivity contribution in [1.29, 1.82) is 0 Å². The standard InChI is InChI=1S/C17H30N2O/c1-11-16(3-4-20-11)19(2)17(10-18)14-6-12-5-13(8-14)9-15(17)7-12/h11-16H,3-10,18H2,1-2H3. The lowest BCUT2D eigenvalue weighted by atomic mass is 9.48. The zero-order valence-electron chi connectivity index (χ0n) is 13.1. The van der Waals surface area contributed by atoms with E-state index in [0.29, 0.717) is 12.1 Å². The molecule has 1 saturated heterocycles. The van der Waals surface area contributed by atoms with E-state index in [1.807, 2.05) is 0 Å². The van der Waals surface area contributed by atoms with Crippen molar-refractivity contribution in [3.8, 4) is 0 Å². The molecule has 0 aromatic heterocycles. The van der Waals surface area contributed by atoms with Crippen molar-refractivity contribution in [2.45, 2.75) is 63.1 Å². The van der Waals surface area contributed by atoms with Gasteiger partial charge in [-0.15, -0.1) is 0 Å². The van der Waals surface area contributed by atoms with E-state index in [0.717, 1.165) is 36.8 Å². The van der Waals surface area contributed by atoms with Crippen LogP contribution in [0.3, 0.4) is 0 Å². The van der Waals surface area contributed by atoms with Crippen LogP contribution in [0.1, 0.15) is 45.4 Å². The van der Waals surface area contributed by atoms with E-state index in [1.165, 1.54) is 38.5 Å². The van der Waals surface area contributed by atoms with Gasteiger partial charge < -0.3 is 10.5 Å². The van der Waals surface area contributed by atoms with Gasteiger partial charge in [0.05, 0.1) is 6.10 Å². The first kappa shape index (κ1) is 13.5. The molecular weight excluding hydrogens is 248 g/mol. The van der Waals surface area contributed by atoms with Gasteiger partial charge in [0.15, 0.2) is 0 Å². The Hall–Kier alpha value is -0.120. The van der Waals surface area contributed by atoms with Crippen LogP contribution in [0.2, 0.25) is 0 Å². The third kappa shape index (κ3) is 1.69. The first-order chi connectivity index (χ1) is 9.65. The first-order valence-electron chi connectivity index (χ1n) is 8.69. The van der Waals surface area contributed by atoms with Crippen molar-refractivity contribution in [3.05, 3.63) is 0 Å². The molecule has 4 bridgehead atoms. The van der Waals surface area contributed by atoms with Gasteiger partial charge in [0.2, 0.25) is 0 Å². The molecule has 2 N–H and O–H groups in total. The van der Waals surface area contributed by atoms with Gasteiger partial charge in [-0.1, -0.05) is 0 Å². The molecule has 0 spiro atoms. The molecule has 2 unspecified atom stereocenters. The highest BCUT2D eigenvalue weighted by Crippen LogP contribution is 2.60. The molecule has 2 atom stereocenters. The molecule has 0 amide bonds. The summed E-state index contributed by atoms with van der Waals surface area (Å²) in [6.07, 6.45) is 8.84. The fourth-order valence-electron chi connectivity index (χ4n) is 6.59. The Morgan fingerprint density at radius 3 is 2.15 bits per heavy atom. The monoisotopic (exact) mass is 278 g/mol. The second-order valence-electron chi connectivity index (χ2n) is 8.04. The maximum atomic E-state index is 6.42. The molecule has 0 aromatic carbocycles. The SMILES string of the molecule is CC1OCCC1N(C)C1(CN)C2CC3CC(C2)CC1C3. The molecule has 20 heavy (non-hydrogen) atoms. The van der Waals surface area contributed by atoms with Crippen LogP contribution in [0.25, 0.3) is 0 Å². The Labute approximate surface area is 123 Å². The Morgan fingerprint density at radius 1 is 1.10 bits per heavy atom.